The van der Waals surface area contributed by atoms with Gasteiger partial charge in [0.2, 0.25) is 0 Å². The number of carbonyl (C=O) groups is 1. The van der Waals surface area contributed by atoms with Crippen LogP contribution in [0.1, 0.15) is 40.5 Å². The number of allylic oxidation sites excluding steroid dienone is 2. The van der Waals surface area contributed by atoms with Crippen molar-refractivity contribution < 1.29 is 9.53 Å². The molecule has 0 aliphatic heterocycles. The lowest BCUT2D eigenvalue weighted by atomic mass is 9.84. The third-order valence-corrected chi connectivity index (χ3v) is 2.58. The van der Waals surface area contributed by atoms with Crippen molar-refractivity contribution in [2.75, 3.05) is 0 Å². The maximum Gasteiger partial charge on any atom is 0.159 e. The summed E-state index contributed by atoms with van der Waals surface area (Å²) >= 11 is 0. The standard InChI is InChI=1S/C12H20O2/c1-8(2)10-5-11(13)7-12(6-10)14-9(3)4/h7-10H,5-6H2,1-4H3. The van der Waals surface area contributed by atoms with Gasteiger partial charge in [0.05, 0.1) is 6.10 Å². The summed E-state index contributed by atoms with van der Waals surface area (Å²) in [7, 11) is 0. The highest BCUT2D eigenvalue weighted by atomic mass is 16.5. The predicted octanol–water partition coefficient (Wildman–Crippen LogP) is 2.93. The van der Waals surface area contributed by atoms with Crippen molar-refractivity contribution in [3.63, 3.8) is 0 Å². The normalized spacial score (nSPS) is 22.9. The summed E-state index contributed by atoms with van der Waals surface area (Å²) in [6.45, 7) is 8.31. The average Bonchev–Trinajstić information content (AvgIpc) is 2.01. The van der Waals surface area contributed by atoms with Crippen molar-refractivity contribution in [2.45, 2.75) is 46.6 Å². The Morgan fingerprint density at radius 1 is 1.29 bits per heavy atom. The molecule has 0 aromatic carbocycles. The van der Waals surface area contributed by atoms with Crippen molar-refractivity contribution in [2.24, 2.45) is 11.8 Å². The first-order chi connectivity index (χ1) is 6.49. The number of carbonyl (C=O) groups excluding carboxylic acids is 1. The summed E-state index contributed by atoms with van der Waals surface area (Å²) in [6.07, 6.45) is 3.43. The fourth-order valence-corrected chi connectivity index (χ4v) is 1.74. The van der Waals surface area contributed by atoms with Crippen molar-refractivity contribution in [3.8, 4) is 0 Å². The second-order valence-electron chi connectivity index (χ2n) is 4.66. The molecule has 1 atom stereocenters. The summed E-state index contributed by atoms with van der Waals surface area (Å²) < 4.78 is 5.58. The summed E-state index contributed by atoms with van der Waals surface area (Å²) in [5.74, 6) is 2.10. The quantitative estimate of drug-likeness (QED) is 0.693. The van der Waals surface area contributed by atoms with Crippen molar-refractivity contribution >= 4 is 5.78 Å². The number of rotatable bonds is 3. The molecule has 0 bridgehead atoms. The van der Waals surface area contributed by atoms with E-state index in [1.54, 1.807) is 6.08 Å². The minimum atomic E-state index is 0.167. The topological polar surface area (TPSA) is 26.3 Å². The van der Waals surface area contributed by atoms with E-state index in [0.29, 0.717) is 18.3 Å². The molecule has 0 N–H and O–H groups in total. The molecule has 0 saturated carbocycles. The molecule has 1 unspecified atom stereocenters. The van der Waals surface area contributed by atoms with Crippen LogP contribution in [0.2, 0.25) is 0 Å². The fraction of sp³-hybridized carbons (Fsp3) is 0.750. The molecule has 1 aliphatic rings. The molecular formula is C12H20O2. The van der Waals surface area contributed by atoms with E-state index >= 15 is 0 Å². The van der Waals surface area contributed by atoms with E-state index in [-0.39, 0.29) is 11.9 Å². The lowest BCUT2D eigenvalue weighted by Gasteiger charge is -2.26. The Balaban J connectivity index is 2.63. The molecule has 2 nitrogen and oxygen atoms in total. The Hall–Kier alpha value is -0.790. The maximum atomic E-state index is 11.4. The van der Waals surface area contributed by atoms with Crippen LogP contribution in [0.25, 0.3) is 0 Å². The minimum Gasteiger partial charge on any atom is -0.495 e. The van der Waals surface area contributed by atoms with Gasteiger partial charge < -0.3 is 4.74 Å². The van der Waals surface area contributed by atoms with E-state index in [1.807, 2.05) is 13.8 Å². The van der Waals surface area contributed by atoms with Crippen molar-refractivity contribution in [1.29, 1.82) is 0 Å². The number of ether oxygens (including phenoxy) is 1. The van der Waals surface area contributed by atoms with Gasteiger partial charge in [-0.3, -0.25) is 4.79 Å². The molecule has 0 fully saturated rings. The molecule has 0 spiro atoms. The smallest absolute Gasteiger partial charge is 0.159 e. The minimum absolute atomic E-state index is 0.167. The molecule has 80 valence electrons. The lowest BCUT2D eigenvalue weighted by molar-refractivity contribution is -0.116. The second-order valence-corrected chi connectivity index (χ2v) is 4.66. The molecule has 0 amide bonds. The van der Waals surface area contributed by atoms with Gasteiger partial charge in [0.15, 0.2) is 5.78 Å². The van der Waals surface area contributed by atoms with Crippen LogP contribution >= 0.6 is 0 Å². The first kappa shape index (κ1) is 11.3. The molecule has 0 heterocycles. The zero-order valence-corrected chi connectivity index (χ0v) is 9.54. The molecule has 0 saturated heterocycles. The molecule has 0 aromatic heterocycles. The van der Waals surface area contributed by atoms with Crippen LogP contribution in [0, 0.1) is 11.8 Å². The SMILES string of the molecule is CC(C)OC1=CC(=O)CC(C(C)C)C1. The summed E-state index contributed by atoms with van der Waals surface area (Å²) in [4.78, 5) is 11.4. The summed E-state index contributed by atoms with van der Waals surface area (Å²) in [5.41, 5.74) is 0. The van der Waals surface area contributed by atoms with E-state index < -0.39 is 0 Å². The van der Waals surface area contributed by atoms with Crippen LogP contribution in [0.5, 0.6) is 0 Å². The average molecular weight is 196 g/mol. The predicted molar refractivity (Wildman–Crippen MR) is 56.9 cm³/mol. The molecular weight excluding hydrogens is 176 g/mol. The molecule has 0 aromatic rings. The second kappa shape index (κ2) is 4.63. The van der Waals surface area contributed by atoms with Gasteiger partial charge in [-0.2, -0.15) is 0 Å². The van der Waals surface area contributed by atoms with E-state index in [4.69, 9.17) is 4.74 Å². The largest absolute Gasteiger partial charge is 0.495 e. The van der Waals surface area contributed by atoms with Gasteiger partial charge in [0.1, 0.15) is 5.76 Å². The molecule has 2 heteroatoms. The third kappa shape index (κ3) is 3.17. The first-order valence-corrected chi connectivity index (χ1v) is 5.39. The highest BCUT2D eigenvalue weighted by Crippen LogP contribution is 2.29. The zero-order chi connectivity index (χ0) is 10.7. The van der Waals surface area contributed by atoms with E-state index in [0.717, 1.165) is 12.2 Å². The number of ketones is 1. The third-order valence-electron chi connectivity index (χ3n) is 2.58. The van der Waals surface area contributed by atoms with Crippen LogP contribution in [-0.2, 0) is 9.53 Å². The van der Waals surface area contributed by atoms with Crippen molar-refractivity contribution in [1.82, 2.24) is 0 Å². The van der Waals surface area contributed by atoms with Crippen LogP contribution in [0.4, 0.5) is 0 Å². The lowest BCUT2D eigenvalue weighted by Crippen LogP contribution is -2.21. The van der Waals surface area contributed by atoms with E-state index in [1.165, 1.54) is 0 Å². The van der Waals surface area contributed by atoms with Crippen molar-refractivity contribution in [3.05, 3.63) is 11.8 Å². The summed E-state index contributed by atoms with van der Waals surface area (Å²) in [6, 6.07) is 0. The Morgan fingerprint density at radius 2 is 1.93 bits per heavy atom. The highest BCUT2D eigenvalue weighted by Gasteiger charge is 2.24. The molecule has 1 aliphatic carbocycles. The van der Waals surface area contributed by atoms with Gasteiger partial charge in [-0.25, -0.2) is 0 Å². The maximum absolute atomic E-state index is 11.4. The van der Waals surface area contributed by atoms with Gasteiger partial charge in [-0.15, -0.1) is 0 Å². The molecule has 14 heavy (non-hydrogen) atoms. The van der Waals surface area contributed by atoms with Gasteiger partial charge in [0, 0.05) is 18.9 Å². The molecule has 1 rings (SSSR count). The molecule has 0 radical (unpaired) electrons. The van der Waals surface area contributed by atoms with Gasteiger partial charge >= 0.3 is 0 Å². The Labute approximate surface area is 86.3 Å². The van der Waals surface area contributed by atoms with E-state index in [2.05, 4.69) is 13.8 Å². The fourth-order valence-electron chi connectivity index (χ4n) is 1.74. The van der Waals surface area contributed by atoms with Crippen LogP contribution in [0.15, 0.2) is 11.8 Å². The summed E-state index contributed by atoms with van der Waals surface area (Å²) in [5, 5.41) is 0. The zero-order valence-electron chi connectivity index (χ0n) is 9.54. The van der Waals surface area contributed by atoms with Crippen LogP contribution in [0.3, 0.4) is 0 Å². The number of hydrogen-bond acceptors (Lipinski definition) is 2. The monoisotopic (exact) mass is 196 g/mol. The Kier molecular flexibility index (Phi) is 3.73. The van der Waals surface area contributed by atoms with Crippen LogP contribution in [-0.4, -0.2) is 11.9 Å². The van der Waals surface area contributed by atoms with E-state index in [9.17, 15) is 4.79 Å². The van der Waals surface area contributed by atoms with Gasteiger partial charge in [-0.1, -0.05) is 13.8 Å². The highest BCUT2D eigenvalue weighted by molar-refractivity contribution is 5.91. The van der Waals surface area contributed by atoms with Crippen LogP contribution < -0.4 is 0 Å². The first-order valence-electron chi connectivity index (χ1n) is 5.39. The Morgan fingerprint density at radius 3 is 2.43 bits per heavy atom. The number of hydrogen-bond donors (Lipinski definition) is 0. The van der Waals surface area contributed by atoms with Gasteiger partial charge in [-0.05, 0) is 25.7 Å². The Bertz CT molecular complexity index is 239. The van der Waals surface area contributed by atoms with Gasteiger partial charge in [0.25, 0.3) is 0 Å².